The highest BCUT2D eigenvalue weighted by Crippen LogP contribution is 2.27. The summed E-state index contributed by atoms with van der Waals surface area (Å²) < 4.78 is 0. The summed E-state index contributed by atoms with van der Waals surface area (Å²) in [4.78, 5) is 27.5. The number of hydrogen-bond acceptors (Lipinski definition) is 3. The minimum Gasteiger partial charge on any atom is -0.357 e. The summed E-state index contributed by atoms with van der Waals surface area (Å²) in [6.45, 7) is 1.86. The molecule has 2 aromatic carbocycles. The normalized spacial score (nSPS) is 11.7. The third kappa shape index (κ3) is 5.40. The van der Waals surface area contributed by atoms with Crippen LogP contribution in [0.15, 0.2) is 53.4 Å². The van der Waals surface area contributed by atoms with Gasteiger partial charge in [-0.2, -0.15) is 0 Å². The van der Waals surface area contributed by atoms with E-state index in [1.54, 1.807) is 32.2 Å². The first-order valence-corrected chi connectivity index (χ1v) is 9.80. The van der Waals surface area contributed by atoms with Crippen LogP contribution < -0.4 is 5.32 Å². The fourth-order valence-corrected chi connectivity index (χ4v) is 3.71. The first-order chi connectivity index (χ1) is 12.4. The van der Waals surface area contributed by atoms with Gasteiger partial charge in [0.1, 0.15) is 6.04 Å². The van der Waals surface area contributed by atoms with Gasteiger partial charge in [0.15, 0.2) is 0 Å². The van der Waals surface area contributed by atoms with Gasteiger partial charge < -0.3 is 10.2 Å². The van der Waals surface area contributed by atoms with Gasteiger partial charge in [-0.1, -0.05) is 47.5 Å². The van der Waals surface area contributed by atoms with Gasteiger partial charge in [0.2, 0.25) is 11.8 Å². The molecule has 0 aliphatic carbocycles. The molecule has 0 aliphatic rings. The van der Waals surface area contributed by atoms with Gasteiger partial charge in [-0.25, -0.2) is 0 Å². The van der Waals surface area contributed by atoms with Gasteiger partial charge in [0.25, 0.3) is 0 Å². The second kappa shape index (κ2) is 9.86. The lowest BCUT2D eigenvalue weighted by atomic mass is 10.1. The van der Waals surface area contributed by atoms with Crippen LogP contribution in [-0.2, 0) is 16.1 Å². The third-order valence-electron chi connectivity index (χ3n) is 3.91. The Morgan fingerprint density at radius 1 is 1.08 bits per heavy atom. The van der Waals surface area contributed by atoms with Crippen molar-refractivity contribution in [3.05, 3.63) is 64.1 Å². The molecule has 4 nitrogen and oxygen atoms in total. The molecule has 1 N–H and O–H groups in total. The number of benzene rings is 2. The maximum atomic E-state index is 12.8. The highest BCUT2D eigenvalue weighted by Gasteiger charge is 2.26. The van der Waals surface area contributed by atoms with Crippen molar-refractivity contribution in [3.8, 4) is 0 Å². The first-order valence-electron chi connectivity index (χ1n) is 8.05. The third-order valence-corrected chi connectivity index (χ3v) is 5.61. The summed E-state index contributed by atoms with van der Waals surface area (Å²) in [6.07, 6.45) is 0. The molecule has 0 bridgehead atoms. The number of carbonyl (C=O) groups is 2. The molecule has 0 radical (unpaired) electrons. The Balaban J connectivity index is 2.20. The van der Waals surface area contributed by atoms with E-state index >= 15 is 0 Å². The molecule has 2 rings (SSSR count). The predicted molar refractivity (Wildman–Crippen MR) is 108 cm³/mol. The Labute approximate surface area is 167 Å². The molecular formula is C19H20Cl2N2O2S. The number of carbonyl (C=O) groups excluding carboxylic acids is 2. The molecule has 7 heteroatoms. The minimum absolute atomic E-state index is 0.161. The zero-order chi connectivity index (χ0) is 19.1. The number of hydrogen-bond donors (Lipinski definition) is 1. The van der Waals surface area contributed by atoms with Crippen LogP contribution in [-0.4, -0.2) is 35.6 Å². The van der Waals surface area contributed by atoms with Crippen LogP contribution in [0.2, 0.25) is 10.0 Å². The Morgan fingerprint density at radius 3 is 2.27 bits per heavy atom. The second-order valence-corrected chi connectivity index (χ2v) is 7.48. The number of halogens is 2. The van der Waals surface area contributed by atoms with Crippen LogP contribution in [0.3, 0.4) is 0 Å². The van der Waals surface area contributed by atoms with Crippen molar-refractivity contribution in [1.29, 1.82) is 0 Å². The van der Waals surface area contributed by atoms with E-state index in [1.165, 1.54) is 16.7 Å². The van der Waals surface area contributed by atoms with Gasteiger partial charge in [-0.15, -0.1) is 11.8 Å². The predicted octanol–water partition coefficient (Wildman–Crippen LogP) is 4.25. The smallest absolute Gasteiger partial charge is 0.242 e. The van der Waals surface area contributed by atoms with Crippen molar-refractivity contribution in [2.45, 2.75) is 24.4 Å². The van der Waals surface area contributed by atoms with Gasteiger partial charge in [0, 0.05) is 34.1 Å². The standard InChI is InChI=1S/C19H20Cl2N2O2S/c1-13(19(25)22-2)23(11-15-16(20)9-6-10-17(15)21)18(24)12-26-14-7-4-3-5-8-14/h3-10,13H,11-12H2,1-2H3,(H,22,25). The van der Waals surface area contributed by atoms with Crippen LogP contribution in [0.4, 0.5) is 0 Å². The highest BCUT2D eigenvalue weighted by atomic mass is 35.5. The fourth-order valence-electron chi connectivity index (χ4n) is 2.39. The lowest BCUT2D eigenvalue weighted by Crippen LogP contribution is -2.47. The van der Waals surface area contributed by atoms with E-state index in [1.807, 2.05) is 30.3 Å². The maximum absolute atomic E-state index is 12.8. The summed E-state index contributed by atoms with van der Waals surface area (Å²) in [6, 6.07) is 14.2. The van der Waals surface area contributed by atoms with E-state index in [2.05, 4.69) is 5.32 Å². The van der Waals surface area contributed by atoms with E-state index < -0.39 is 6.04 Å². The Kier molecular flexibility index (Phi) is 7.82. The lowest BCUT2D eigenvalue weighted by Gasteiger charge is -2.29. The van der Waals surface area contributed by atoms with E-state index in [0.29, 0.717) is 15.6 Å². The largest absolute Gasteiger partial charge is 0.357 e. The second-order valence-electron chi connectivity index (χ2n) is 5.61. The van der Waals surface area contributed by atoms with Gasteiger partial charge >= 0.3 is 0 Å². The number of rotatable bonds is 7. The summed E-state index contributed by atoms with van der Waals surface area (Å²) in [5.74, 6) is -0.190. The molecule has 1 unspecified atom stereocenters. The van der Waals surface area contributed by atoms with Gasteiger partial charge in [0.05, 0.1) is 5.75 Å². The number of thioether (sulfide) groups is 1. The van der Waals surface area contributed by atoms with E-state index in [0.717, 1.165) is 4.90 Å². The molecular weight excluding hydrogens is 391 g/mol. The molecule has 2 aromatic rings. The molecule has 0 saturated carbocycles. The Bertz CT molecular complexity index is 751. The van der Waals surface area contributed by atoms with Crippen molar-refractivity contribution < 1.29 is 9.59 Å². The maximum Gasteiger partial charge on any atom is 0.242 e. The van der Waals surface area contributed by atoms with E-state index in [4.69, 9.17) is 23.2 Å². The Morgan fingerprint density at radius 2 is 1.69 bits per heavy atom. The molecule has 26 heavy (non-hydrogen) atoms. The van der Waals surface area contributed by atoms with Crippen molar-refractivity contribution >= 4 is 46.8 Å². The molecule has 0 aromatic heterocycles. The van der Waals surface area contributed by atoms with Gasteiger partial charge in [-0.3, -0.25) is 9.59 Å². The lowest BCUT2D eigenvalue weighted by molar-refractivity contribution is -0.138. The van der Waals surface area contributed by atoms with Crippen LogP contribution in [0.25, 0.3) is 0 Å². The van der Waals surface area contributed by atoms with Crippen molar-refractivity contribution in [2.75, 3.05) is 12.8 Å². The number of nitrogens with one attached hydrogen (secondary N) is 1. The minimum atomic E-state index is -0.642. The molecule has 2 amide bonds. The van der Waals surface area contributed by atoms with E-state index in [-0.39, 0.29) is 24.1 Å². The monoisotopic (exact) mass is 410 g/mol. The van der Waals surface area contributed by atoms with E-state index in [9.17, 15) is 9.59 Å². The van der Waals surface area contributed by atoms with Gasteiger partial charge in [-0.05, 0) is 31.2 Å². The molecule has 0 saturated heterocycles. The zero-order valence-corrected chi connectivity index (χ0v) is 16.9. The number of likely N-dealkylation sites (N-methyl/N-ethyl adjacent to an activating group) is 1. The van der Waals surface area contributed by atoms with Crippen LogP contribution in [0.1, 0.15) is 12.5 Å². The summed E-state index contributed by atoms with van der Waals surface area (Å²) >= 11 is 13.9. The fraction of sp³-hybridized carbons (Fsp3) is 0.263. The topological polar surface area (TPSA) is 49.4 Å². The van der Waals surface area contributed by atoms with Crippen LogP contribution >= 0.6 is 35.0 Å². The zero-order valence-electron chi connectivity index (χ0n) is 14.5. The molecule has 1 atom stereocenters. The Hall–Kier alpha value is -1.69. The number of amides is 2. The summed E-state index contributed by atoms with van der Waals surface area (Å²) in [5.41, 5.74) is 0.629. The molecule has 0 aliphatic heterocycles. The SMILES string of the molecule is CNC(=O)C(C)N(Cc1c(Cl)cccc1Cl)C(=O)CSc1ccccc1. The van der Waals surface area contributed by atoms with Crippen molar-refractivity contribution in [2.24, 2.45) is 0 Å². The van der Waals surface area contributed by atoms with Crippen LogP contribution in [0.5, 0.6) is 0 Å². The quantitative estimate of drug-likeness (QED) is 0.693. The average Bonchev–Trinajstić information content (AvgIpc) is 2.65. The first kappa shape index (κ1) is 20.6. The average molecular weight is 411 g/mol. The molecule has 0 spiro atoms. The highest BCUT2D eigenvalue weighted by molar-refractivity contribution is 8.00. The molecule has 0 fully saturated rings. The molecule has 0 heterocycles. The summed E-state index contributed by atoms with van der Waals surface area (Å²) in [5, 5.41) is 3.52. The van der Waals surface area contributed by atoms with Crippen LogP contribution in [0, 0.1) is 0 Å². The van der Waals surface area contributed by atoms with Crippen molar-refractivity contribution in [3.63, 3.8) is 0 Å². The molecule has 138 valence electrons. The number of nitrogens with zero attached hydrogens (tertiary/aromatic N) is 1. The van der Waals surface area contributed by atoms with Crippen molar-refractivity contribution in [1.82, 2.24) is 10.2 Å². The summed E-state index contributed by atoms with van der Waals surface area (Å²) in [7, 11) is 1.54.